The average Bonchev–Trinajstić information content (AvgIpc) is 2.86. The fraction of sp³-hybridized carbons (Fsp3) is 0.700. The molecule has 0 amide bonds. The lowest BCUT2D eigenvalue weighted by Crippen LogP contribution is -2.20. The van der Waals surface area contributed by atoms with Crippen molar-refractivity contribution < 1.29 is 0 Å². The van der Waals surface area contributed by atoms with Crippen LogP contribution in [0, 0.1) is 13.8 Å². The van der Waals surface area contributed by atoms with Crippen molar-refractivity contribution >= 4 is 0 Å². The SMILES string of the molecule is Cc1nc(C)nc(CCNC2CC2)n1. The fourth-order valence-corrected chi connectivity index (χ4v) is 1.47. The molecule has 1 aliphatic carbocycles. The second-order valence-electron chi connectivity index (χ2n) is 3.82. The zero-order valence-electron chi connectivity index (χ0n) is 8.75. The normalized spacial score (nSPS) is 15.9. The van der Waals surface area contributed by atoms with Crippen LogP contribution in [0.4, 0.5) is 0 Å². The van der Waals surface area contributed by atoms with E-state index in [1.165, 1.54) is 12.8 Å². The first-order valence-corrected chi connectivity index (χ1v) is 5.15. The zero-order valence-corrected chi connectivity index (χ0v) is 8.75. The van der Waals surface area contributed by atoms with Gasteiger partial charge >= 0.3 is 0 Å². The molecule has 4 nitrogen and oxygen atoms in total. The van der Waals surface area contributed by atoms with Crippen molar-refractivity contribution in [2.45, 2.75) is 39.2 Å². The van der Waals surface area contributed by atoms with Gasteiger partial charge < -0.3 is 5.32 Å². The predicted octanol–water partition coefficient (Wildman–Crippen LogP) is 0.783. The van der Waals surface area contributed by atoms with Crippen LogP contribution in [0.1, 0.15) is 30.3 Å². The largest absolute Gasteiger partial charge is 0.314 e. The van der Waals surface area contributed by atoms with Crippen molar-refractivity contribution in [2.24, 2.45) is 0 Å². The highest BCUT2D eigenvalue weighted by molar-refractivity contribution is 4.95. The van der Waals surface area contributed by atoms with Crippen LogP contribution in [0.3, 0.4) is 0 Å². The third-order valence-corrected chi connectivity index (χ3v) is 2.26. The predicted molar refractivity (Wildman–Crippen MR) is 54.0 cm³/mol. The minimum atomic E-state index is 0.763. The molecule has 0 aromatic carbocycles. The van der Waals surface area contributed by atoms with Crippen molar-refractivity contribution in [1.82, 2.24) is 20.3 Å². The van der Waals surface area contributed by atoms with Crippen LogP contribution in [0.5, 0.6) is 0 Å². The molecular weight excluding hydrogens is 176 g/mol. The number of hydrogen-bond donors (Lipinski definition) is 1. The van der Waals surface area contributed by atoms with Crippen LogP contribution in [-0.2, 0) is 6.42 Å². The Morgan fingerprint density at radius 2 is 1.79 bits per heavy atom. The Morgan fingerprint density at radius 3 is 2.36 bits per heavy atom. The summed E-state index contributed by atoms with van der Waals surface area (Å²) in [4.78, 5) is 12.7. The molecule has 1 N–H and O–H groups in total. The van der Waals surface area contributed by atoms with Crippen LogP contribution in [0.2, 0.25) is 0 Å². The van der Waals surface area contributed by atoms with Crippen LogP contribution in [0.15, 0.2) is 0 Å². The first-order chi connectivity index (χ1) is 6.74. The number of nitrogens with one attached hydrogen (secondary N) is 1. The van der Waals surface area contributed by atoms with E-state index in [2.05, 4.69) is 20.3 Å². The Morgan fingerprint density at radius 1 is 1.14 bits per heavy atom. The second-order valence-corrected chi connectivity index (χ2v) is 3.82. The molecule has 76 valence electrons. The molecule has 0 atom stereocenters. The number of aryl methyl sites for hydroxylation is 2. The van der Waals surface area contributed by atoms with Crippen LogP contribution < -0.4 is 5.32 Å². The van der Waals surface area contributed by atoms with Gasteiger partial charge in [-0.25, -0.2) is 15.0 Å². The fourth-order valence-electron chi connectivity index (χ4n) is 1.47. The first kappa shape index (κ1) is 9.52. The number of nitrogens with zero attached hydrogens (tertiary/aromatic N) is 3. The molecule has 2 rings (SSSR count). The summed E-state index contributed by atoms with van der Waals surface area (Å²) in [6, 6.07) is 0.763. The molecule has 1 heterocycles. The lowest BCUT2D eigenvalue weighted by molar-refractivity contribution is 0.658. The van der Waals surface area contributed by atoms with Crippen molar-refractivity contribution in [1.29, 1.82) is 0 Å². The molecule has 0 bridgehead atoms. The molecule has 4 heteroatoms. The summed E-state index contributed by atoms with van der Waals surface area (Å²) in [5.74, 6) is 2.54. The van der Waals surface area contributed by atoms with E-state index in [0.717, 1.165) is 36.5 Å². The van der Waals surface area contributed by atoms with Gasteiger partial charge in [-0.15, -0.1) is 0 Å². The average molecular weight is 192 g/mol. The zero-order chi connectivity index (χ0) is 9.97. The van der Waals surface area contributed by atoms with Crippen LogP contribution >= 0.6 is 0 Å². The highest BCUT2D eigenvalue weighted by Gasteiger charge is 2.19. The summed E-state index contributed by atoms with van der Waals surface area (Å²) >= 11 is 0. The molecular formula is C10H16N4. The summed E-state index contributed by atoms with van der Waals surface area (Å²) in [6.07, 6.45) is 3.56. The lowest BCUT2D eigenvalue weighted by atomic mass is 10.4. The van der Waals surface area contributed by atoms with Gasteiger partial charge in [-0.05, 0) is 26.7 Å². The summed E-state index contributed by atoms with van der Waals surface area (Å²) in [6.45, 7) is 4.80. The maximum absolute atomic E-state index is 4.29. The van der Waals surface area contributed by atoms with E-state index >= 15 is 0 Å². The van der Waals surface area contributed by atoms with E-state index in [1.54, 1.807) is 0 Å². The standard InChI is InChI=1S/C10H16N4/c1-7-12-8(2)14-10(13-7)5-6-11-9-3-4-9/h9,11H,3-6H2,1-2H3. The summed E-state index contributed by atoms with van der Waals surface area (Å²) in [5.41, 5.74) is 0. The Bertz CT molecular complexity index is 300. The monoisotopic (exact) mass is 192 g/mol. The molecule has 1 aromatic rings. The minimum absolute atomic E-state index is 0.763. The van der Waals surface area contributed by atoms with Crippen molar-refractivity contribution in [3.05, 3.63) is 17.5 Å². The highest BCUT2D eigenvalue weighted by atomic mass is 15.0. The van der Waals surface area contributed by atoms with Gasteiger partial charge in [0.25, 0.3) is 0 Å². The smallest absolute Gasteiger partial charge is 0.133 e. The topological polar surface area (TPSA) is 50.7 Å². The minimum Gasteiger partial charge on any atom is -0.314 e. The van der Waals surface area contributed by atoms with Gasteiger partial charge in [0, 0.05) is 19.0 Å². The number of aromatic nitrogens is 3. The van der Waals surface area contributed by atoms with Crippen molar-refractivity contribution in [3.63, 3.8) is 0 Å². The van der Waals surface area contributed by atoms with E-state index in [-0.39, 0.29) is 0 Å². The van der Waals surface area contributed by atoms with E-state index in [4.69, 9.17) is 0 Å². The maximum Gasteiger partial charge on any atom is 0.133 e. The Hall–Kier alpha value is -1.03. The van der Waals surface area contributed by atoms with Gasteiger partial charge in [-0.2, -0.15) is 0 Å². The van der Waals surface area contributed by atoms with E-state index < -0.39 is 0 Å². The van der Waals surface area contributed by atoms with E-state index in [1.807, 2.05) is 13.8 Å². The van der Waals surface area contributed by atoms with Crippen LogP contribution in [0.25, 0.3) is 0 Å². The van der Waals surface area contributed by atoms with Gasteiger partial charge in [-0.3, -0.25) is 0 Å². The maximum atomic E-state index is 4.29. The summed E-state index contributed by atoms with van der Waals surface area (Å²) in [5, 5.41) is 3.44. The molecule has 14 heavy (non-hydrogen) atoms. The van der Waals surface area contributed by atoms with Crippen molar-refractivity contribution in [3.8, 4) is 0 Å². The summed E-state index contributed by atoms with van der Waals surface area (Å²) < 4.78 is 0. The van der Waals surface area contributed by atoms with Gasteiger partial charge in [0.1, 0.15) is 17.5 Å². The molecule has 0 radical (unpaired) electrons. The molecule has 1 saturated carbocycles. The summed E-state index contributed by atoms with van der Waals surface area (Å²) in [7, 11) is 0. The first-order valence-electron chi connectivity index (χ1n) is 5.15. The molecule has 0 spiro atoms. The van der Waals surface area contributed by atoms with Gasteiger partial charge in [-0.1, -0.05) is 0 Å². The van der Waals surface area contributed by atoms with Gasteiger partial charge in [0.05, 0.1) is 0 Å². The second kappa shape index (κ2) is 4.00. The molecule has 0 aliphatic heterocycles. The third-order valence-electron chi connectivity index (χ3n) is 2.26. The van der Waals surface area contributed by atoms with Crippen molar-refractivity contribution in [2.75, 3.05) is 6.54 Å². The Kier molecular flexibility index (Phi) is 2.72. The Balaban J connectivity index is 1.87. The van der Waals surface area contributed by atoms with Crippen LogP contribution in [-0.4, -0.2) is 27.5 Å². The molecule has 1 aliphatic rings. The third kappa shape index (κ3) is 2.73. The van der Waals surface area contributed by atoms with Gasteiger partial charge in [0.15, 0.2) is 0 Å². The highest BCUT2D eigenvalue weighted by Crippen LogP contribution is 2.18. The molecule has 1 aromatic heterocycles. The molecule has 0 saturated heterocycles. The molecule has 1 fully saturated rings. The van der Waals surface area contributed by atoms with Gasteiger partial charge in [0.2, 0.25) is 0 Å². The lowest BCUT2D eigenvalue weighted by Gasteiger charge is -2.03. The van der Waals surface area contributed by atoms with E-state index in [0.29, 0.717) is 0 Å². The Labute approximate surface area is 84.2 Å². The number of rotatable bonds is 4. The quantitative estimate of drug-likeness (QED) is 0.766. The number of hydrogen-bond acceptors (Lipinski definition) is 4. The molecule has 0 unspecified atom stereocenters. The van der Waals surface area contributed by atoms with E-state index in [9.17, 15) is 0 Å².